The van der Waals surface area contributed by atoms with Crippen molar-refractivity contribution in [3.63, 3.8) is 0 Å². The summed E-state index contributed by atoms with van der Waals surface area (Å²) in [5, 5.41) is 0. The SMILES string of the molecule is CCC1CCCC(C(Cc2nccn2CC)NN)C1. The summed E-state index contributed by atoms with van der Waals surface area (Å²) >= 11 is 0. The zero-order valence-corrected chi connectivity index (χ0v) is 12.3. The van der Waals surface area contributed by atoms with Gasteiger partial charge in [0.25, 0.3) is 0 Å². The predicted molar refractivity (Wildman–Crippen MR) is 78.5 cm³/mol. The first-order valence-corrected chi connectivity index (χ1v) is 7.74. The van der Waals surface area contributed by atoms with E-state index in [1.807, 2.05) is 6.20 Å². The second-order valence-electron chi connectivity index (χ2n) is 5.81. The van der Waals surface area contributed by atoms with E-state index < -0.39 is 0 Å². The fourth-order valence-electron chi connectivity index (χ4n) is 3.45. The smallest absolute Gasteiger partial charge is 0.110 e. The molecule has 0 radical (unpaired) electrons. The summed E-state index contributed by atoms with van der Waals surface area (Å²) in [5.41, 5.74) is 3.05. The minimum absolute atomic E-state index is 0.363. The zero-order chi connectivity index (χ0) is 13.7. The van der Waals surface area contributed by atoms with Gasteiger partial charge in [-0.3, -0.25) is 11.3 Å². The van der Waals surface area contributed by atoms with E-state index in [-0.39, 0.29) is 0 Å². The van der Waals surface area contributed by atoms with Crippen molar-refractivity contribution in [2.75, 3.05) is 0 Å². The summed E-state index contributed by atoms with van der Waals surface area (Å²) in [6.07, 6.45) is 11.6. The first-order chi connectivity index (χ1) is 9.28. The van der Waals surface area contributed by atoms with Crippen molar-refractivity contribution < 1.29 is 0 Å². The Morgan fingerprint density at radius 2 is 2.32 bits per heavy atom. The average Bonchev–Trinajstić information content (AvgIpc) is 2.92. The van der Waals surface area contributed by atoms with Crippen LogP contribution in [0.25, 0.3) is 0 Å². The number of hydrogen-bond donors (Lipinski definition) is 2. The highest BCUT2D eigenvalue weighted by atomic mass is 15.2. The fourth-order valence-corrected chi connectivity index (χ4v) is 3.45. The summed E-state index contributed by atoms with van der Waals surface area (Å²) in [7, 11) is 0. The molecule has 108 valence electrons. The Morgan fingerprint density at radius 3 is 3.00 bits per heavy atom. The molecular formula is C15H28N4. The minimum Gasteiger partial charge on any atom is -0.335 e. The molecule has 1 aliphatic carbocycles. The quantitative estimate of drug-likeness (QED) is 0.613. The van der Waals surface area contributed by atoms with Gasteiger partial charge in [-0.15, -0.1) is 0 Å². The van der Waals surface area contributed by atoms with Gasteiger partial charge < -0.3 is 4.57 Å². The Morgan fingerprint density at radius 1 is 1.47 bits per heavy atom. The topological polar surface area (TPSA) is 55.9 Å². The summed E-state index contributed by atoms with van der Waals surface area (Å²) in [6.45, 7) is 5.44. The van der Waals surface area contributed by atoms with Crippen LogP contribution in [0.1, 0.15) is 51.8 Å². The predicted octanol–water partition coefficient (Wildman–Crippen LogP) is 2.49. The van der Waals surface area contributed by atoms with Crippen molar-refractivity contribution in [2.24, 2.45) is 17.7 Å². The molecule has 1 aromatic heterocycles. The van der Waals surface area contributed by atoms with E-state index in [9.17, 15) is 0 Å². The second kappa shape index (κ2) is 7.06. The molecule has 0 spiro atoms. The van der Waals surface area contributed by atoms with Crippen LogP contribution in [0, 0.1) is 11.8 Å². The van der Waals surface area contributed by atoms with Crippen LogP contribution in [0.15, 0.2) is 12.4 Å². The van der Waals surface area contributed by atoms with Crippen molar-refractivity contribution in [2.45, 2.75) is 65.0 Å². The van der Waals surface area contributed by atoms with Crippen LogP contribution in [-0.4, -0.2) is 15.6 Å². The van der Waals surface area contributed by atoms with Crippen molar-refractivity contribution in [3.8, 4) is 0 Å². The number of nitrogens with zero attached hydrogens (tertiary/aromatic N) is 2. The lowest BCUT2D eigenvalue weighted by molar-refractivity contribution is 0.206. The summed E-state index contributed by atoms with van der Waals surface area (Å²) in [4.78, 5) is 4.48. The first-order valence-electron chi connectivity index (χ1n) is 7.74. The lowest BCUT2D eigenvalue weighted by Gasteiger charge is -2.34. The van der Waals surface area contributed by atoms with E-state index in [0.717, 1.165) is 24.7 Å². The van der Waals surface area contributed by atoms with Crippen LogP contribution in [-0.2, 0) is 13.0 Å². The van der Waals surface area contributed by atoms with Gasteiger partial charge in [0.05, 0.1) is 0 Å². The number of aromatic nitrogens is 2. The third kappa shape index (κ3) is 3.57. The molecule has 1 aromatic rings. The van der Waals surface area contributed by atoms with E-state index in [2.05, 4.69) is 35.0 Å². The number of rotatable bonds is 6. The summed E-state index contributed by atoms with van der Waals surface area (Å²) in [5.74, 6) is 8.56. The molecule has 1 saturated carbocycles. The van der Waals surface area contributed by atoms with Gasteiger partial charge in [-0.05, 0) is 31.6 Å². The van der Waals surface area contributed by atoms with Gasteiger partial charge >= 0.3 is 0 Å². The Kier molecular flexibility index (Phi) is 5.40. The zero-order valence-electron chi connectivity index (χ0n) is 12.3. The molecule has 3 unspecified atom stereocenters. The Bertz CT molecular complexity index is 374. The van der Waals surface area contributed by atoms with E-state index in [4.69, 9.17) is 5.84 Å². The molecular weight excluding hydrogens is 236 g/mol. The van der Waals surface area contributed by atoms with Crippen molar-refractivity contribution in [1.29, 1.82) is 0 Å². The number of aryl methyl sites for hydroxylation is 1. The molecule has 4 heteroatoms. The molecule has 0 bridgehead atoms. The van der Waals surface area contributed by atoms with Crippen LogP contribution >= 0.6 is 0 Å². The summed E-state index contributed by atoms with van der Waals surface area (Å²) in [6, 6.07) is 0.363. The Hall–Kier alpha value is -0.870. The maximum Gasteiger partial charge on any atom is 0.110 e. The standard InChI is InChI=1S/C15H28N4/c1-3-12-6-5-7-13(10-12)14(18-16)11-15-17-8-9-19(15)4-2/h8-9,12-14,18H,3-7,10-11,16H2,1-2H3. The molecule has 1 fully saturated rings. The minimum atomic E-state index is 0.363. The monoisotopic (exact) mass is 264 g/mol. The maximum atomic E-state index is 5.81. The largest absolute Gasteiger partial charge is 0.335 e. The highest BCUT2D eigenvalue weighted by molar-refractivity contribution is 4.97. The first kappa shape index (κ1) is 14.5. The highest BCUT2D eigenvalue weighted by Crippen LogP contribution is 2.33. The van der Waals surface area contributed by atoms with Crippen LogP contribution in [0.2, 0.25) is 0 Å². The Labute approximate surface area is 116 Å². The lowest BCUT2D eigenvalue weighted by Crippen LogP contribution is -2.44. The molecule has 1 aliphatic rings. The molecule has 3 atom stereocenters. The number of hydrazine groups is 1. The fraction of sp³-hybridized carbons (Fsp3) is 0.800. The maximum absolute atomic E-state index is 5.81. The van der Waals surface area contributed by atoms with Crippen LogP contribution in [0.3, 0.4) is 0 Å². The average molecular weight is 264 g/mol. The van der Waals surface area contributed by atoms with Gasteiger partial charge in [0.1, 0.15) is 5.82 Å². The highest BCUT2D eigenvalue weighted by Gasteiger charge is 2.28. The van der Waals surface area contributed by atoms with Gasteiger partial charge in [-0.25, -0.2) is 4.98 Å². The molecule has 0 aromatic carbocycles. The van der Waals surface area contributed by atoms with E-state index in [1.54, 1.807) is 0 Å². The third-order valence-corrected chi connectivity index (χ3v) is 4.73. The number of imidazole rings is 1. The Balaban J connectivity index is 1.99. The molecule has 2 rings (SSSR count). The van der Waals surface area contributed by atoms with E-state index in [1.165, 1.54) is 32.1 Å². The molecule has 1 heterocycles. The second-order valence-corrected chi connectivity index (χ2v) is 5.81. The van der Waals surface area contributed by atoms with Crippen molar-refractivity contribution in [1.82, 2.24) is 15.0 Å². The van der Waals surface area contributed by atoms with Crippen molar-refractivity contribution >= 4 is 0 Å². The number of hydrogen-bond acceptors (Lipinski definition) is 3. The number of nitrogens with two attached hydrogens (primary N) is 1. The van der Waals surface area contributed by atoms with Crippen molar-refractivity contribution in [3.05, 3.63) is 18.2 Å². The molecule has 0 amide bonds. The van der Waals surface area contributed by atoms with Gasteiger partial charge in [0.15, 0.2) is 0 Å². The molecule has 0 aliphatic heterocycles. The van der Waals surface area contributed by atoms with Crippen LogP contribution < -0.4 is 11.3 Å². The normalized spacial score (nSPS) is 25.4. The van der Waals surface area contributed by atoms with E-state index >= 15 is 0 Å². The van der Waals surface area contributed by atoms with Gasteiger partial charge in [-0.2, -0.15) is 0 Å². The van der Waals surface area contributed by atoms with Crippen LogP contribution in [0.4, 0.5) is 0 Å². The van der Waals surface area contributed by atoms with E-state index in [0.29, 0.717) is 12.0 Å². The molecule has 4 nitrogen and oxygen atoms in total. The molecule has 3 N–H and O–H groups in total. The van der Waals surface area contributed by atoms with Crippen LogP contribution in [0.5, 0.6) is 0 Å². The van der Waals surface area contributed by atoms with Gasteiger partial charge in [0.2, 0.25) is 0 Å². The van der Waals surface area contributed by atoms with Gasteiger partial charge in [-0.1, -0.05) is 26.2 Å². The van der Waals surface area contributed by atoms with Gasteiger partial charge in [0, 0.05) is 31.4 Å². The summed E-state index contributed by atoms with van der Waals surface area (Å²) < 4.78 is 2.21. The molecule has 19 heavy (non-hydrogen) atoms. The third-order valence-electron chi connectivity index (χ3n) is 4.73. The molecule has 0 saturated heterocycles. The number of nitrogens with one attached hydrogen (secondary N) is 1. The lowest BCUT2D eigenvalue weighted by atomic mass is 9.76.